The number of carbonyl (C=O) groups excluding carboxylic acids is 1. The van der Waals surface area contributed by atoms with Gasteiger partial charge < -0.3 is 14.8 Å². The van der Waals surface area contributed by atoms with Crippen LogP contribution in [-0.4, -0.2) is 43.7 Å². The summed E-state index contributed by atoms with van der Waals surface area (Å²) >= 11 is 0. The maximum Gasteiger partial charge on any atom is 0.166 e. The first-order chi connectivity index (χ1) is 16.5. The van der Waals surface area contributed by atoms with Crippen LogP contribution in [0.4, 0.5) is 0 Å². The minimum Gasteiger partial charge on any atom is -0.489 e. The average molecular weight is 457 g/mol. The van der Waals surface area contributed by atoms with Gasteiger partial charge in [0.15, 0.2) is 5.78 Å². The second-order valence-electron chi connectivity index (χ2n) is 10.5. The number of nitrogens with zero attached hydrogens (tertiary/aromatic N) is 1. The van der Waals surface area contributed by atoms with Crippen molar-refractivity contribution in [1.29, 1.82) is 0 Å². The van der Waals surface area contributed by atoms with Gasteiger partial charge in [0.2, 0.25) is 0 Å². The van der Waals surface area contributed by atoms with Crippen LogP contribution in [0.2, 0.25) is 0 Å². The number of ether oxygens (including phenoxy) is 2. The van der Waals surface area contributed by atoms with Crippen LogP contribution < -0.4 is 5.32 Å². The van der Waals surface area contributed by atoms with Gasteiger partial charge in [0.25, 0.3) is 0 Å². The van der Waals surface area contributed by atoms with Crippen LogP contribution in [0.25, 0.3) is 10.8 Å². The summed E-state index contributed by atoms with van der Waals surface area (Å²) < 4.78 is 12.9. The zero-order chi connectivity index (χ0) is 23.4. The SMILES string of the molecule is CNCC1CC(=O)C2=C(C1)O[C@@H]1C(=C2)C=C[C@@]2(C)[C@H]1C[C@@H](OC)[C@@H]2c1cccc2cnccc12. The van der Waals surface area contributed by atoms with Gasteiger partial charge in [-0.05, 0) is 54.6 Å². The molecular formula is C29H32N2O3. The van der Waals surface area contributed by atoms with E-state index in [2.05, 4.69) is 59.7 Å². The average Bonchev–Trinajstić information content (AvgIpc) is 3.15. The molecule has 5 heteroatoms. The summed E-state index contributed by atoms with van der Waals surface area (Å²) in [6.45, 7) is 3.19. The summed E-state index contributed by atoms with van der Waals surface area (Å²) in [4.78, 5) is 17.2. The summed E-state index contributed by atoms with van der Waals surface area (Å²) in [6.07, 6.45) is 12.8. The number of Topliss-reactive ketones (excluding diaryl/α,β-unsaturated/α-hetero) is 1. The minimum atomic E-state index is -0.124. The lowest BCUT2D eigenvalue weighted by atomic mass is 9.64. The Morgan fingerprint density at radius 1 is 1.26 bits per heavy atom. The molecule has 2 aromatic rings. The van der Waals surface area contributed by atoms with Gasteiger partial charge in [0.1, 0.15) is 11.9 Å². The van der Waals surface area contributed by atoms with Crippen molar-refractivity contribution in [2.45, 2.75) is 44.3 Å². The van der Waals surface area contributed by atoms with Crippen LogP contribution in [0.3, 0.4) is 0 Å². The molecule has 6 atom stereocenters. The zero-order valence-corrected chi connectivity index (χ0v) is 20.1. The van der Waals surface area contributed by atoms with Crippen LogP contribution >= 0.6 is 0 Å². The van der Waals surface area contributed by atoms with Crippen LogP contribution in [0.15, 0.2) is 71.8 Å². The largest absolute Gasteiger partial charge is 0.489 e. The lowest BCUT2D eigenvalue weighted by molar-refractivity contribution is -0.117. The molecule has 176 valence electrons. The van der Waals surface area contributed by atoms with E-state index in [1.54, 1.807) is 0 Å². The van der Waals surface area contributed by atoms with E-state index in [1.165, 1.54) is 10.9 Å². The Kier molecular flexibility index (Phi) is 5.23. The molecule has 0 radical (unpaired) electrons. The number of allylic oxidation sites excluding steroid dienone is 4. The lowest BCUT2D eigenvalue weighted by Gasteiger charge is -2.45. The molecule has 1 unspecified atom stereocenters. The molecule has 0 spiro atoms. The van der Waals surface area contributed by atoms with Gasteiger partial charge in [-0.15, -0.1) is 0 Å². The molecule has 1 aliphatic heterocycles. The van der Waals surface area contributed by atoms with Gasteiger partial charge in [-0.2, -0.15) is 0 Å². The lowest BCUT2D eigenvalue weighted by Crippen LogP contribution is -2.41. The van der Waals surface area contributed by atoms with Gasteiger partial charge in [-0.3, -0.25) is 9.78 Å². The number of hydrogen-bond donors (Lipinski definition) is 1. The van der Waals surface area contributed by atoms with Crippen LogP contribution in [0.5, 0.6) is 0 Å². The summed E-state index contributed by atoms with van der Waals surface area (Å²) in [7, 11) is 3.77. The molecule has 34 heavy (non-hydrogen) atoms. The number of nitrogens with one attached hydrogen (secondary N) is 1. The third kappa shape index (κ3) is 3.21. The summed E-state index contributed by atoms with van der Waals surface area (Å²) in [5.74, 6) is 1.86. The van der Waals surface area contributed by atoms with E-state index in [-0.39, 0.29) is 35.2 Å². The van der Waals surface area contributed by atoms with Crippen molar-refractivity contribution >= 4 is 16.6 Å². The maximum atomic E-state index is 12.9. The van der Waals surface area contributed by atoms with Gasteiger partial charge in [-0.1, -0.05) is 37.3 Å². The molecule has 5 nitrogen and oxygen atoms in total. The predicted octanol–water partition coefficient (Wildman–Crippen LogP) is 4.71. The maximum absolute atomic E-state index is 12.9. The van der Waals surface area contributed by atoms with Crippen molar-refractivity contribution in [3.63, 3.8) is 0 Å². The molecule has 6 rings (SSSR count). The molecule has 1 saturated carbocycles. The molecule has 1 N–H and O–H groups in total. The van der Waals surface area contributed by atoms with Crippen molar-refractivity contribution in [3.8, 4) is 0 Å². The number of carbonyl (C=O) groups is 1. The highest BCUT2D eigenvalue weighted by Gasteiger charge is 2.57. The molecule has 0 bridgehead atoms. The minimum absolute atomic E-state index is 0.0471. The Labute approximate surface area is 200 Å². The Morgan fingerprint density at radius 3 is 2.97 bits per heavy atom. The van der Waals surface area contributed by atoms with Crippen LogP contribution in [-0.2, 0) is 14.3 Å². The van der Waals surface area contributed by atoms with Crippen molar-refractivity contribution in [1.82, 2.24) is 10.3 Å². The number of pyridine rings is 1. The molecule has 2 heterocycles. The number of methoxy groups -OCH3 is 1. The van der Waals surface area contributed by atoms with E-state index in [0.717, 1.165) is 41.7 Å². The predicted molar refractivity (Wildman–Crippen MR) is 132 cm³/mol. The van der Waals surface area contributed by atoms with Gasteiger partial charge in [0.05, 0.1) is 11.7 Å². The first kappa shape index (κ1) is 21.8. The van der Waals surface area contributed by atoms with Crippen LogP contribution in [0, 0.1) is 17.3 Å². The van der Waals surface area contributed by atoms with E-state index in [4.69, 9.17) is 9.47 Å². The Bertz CT molecular complexity index is 1240. The van der Waals surface area contributed by atoms with Gasteiger partial charge in [-0.25, -0.2) is 0 Å². The second kappa shape index (κ2) is 8.17. The van der Waals surface area contributed by atoms with E-state index in [0.29, 0.717) is 12.3 Å². The highest BCUT2D eigenvalue weighted by atomic mass is 16.5. The fourth-order valence-electron chi connectivity index (χ4n) is 7.02. The fraction of sp³-hybridized carbons (Fsp3) is 0.448. The zero-order valence-electron chi connectivity index (χ0n) is 20.1. The summed E-state index contributed by atoms with van der Waals surface area (Å²) in [5.41, 5.74) is 3.10. The van der Waals surface area contributed by atoms with Crippen molar-refractivity contribution < 1.29 is 14.3 Å². The monoisotopic (exact) mass is 456 g/mol. The van der Waals surface area contributed by atoms with Gasteiger partial charge in [0, 0.05) is 55.0 Å². The molecule has 1 fully saturated rings. The summed E-state index contributed by atoms with van der Waals surface area (Å²) in [6, 6.07) is 8.62. The number of benzene rings is 1. The molecule has 0 amide bonds. The molecule has 0 saturated heterocycles. The Balaban J connectivity index is 1.41. The highest BCUT2D eigenvalue weighted by molar-refractivity contribution is 6.00. The first-order valence-corrected chi connectivity index (χ1v) is 12.4. The number of aromatic nitrogens is 1. The molecule has 1 aromatic carbocycles. The van der Waals surface area contributed by atoms with E-state index >= 15 is 0 Å². The normalized spacial score (nSPS) is 34.4. The van der Waals surface area contributed by atoms with E-state index in [1.807, 2.05) is 26.6 Å². The topological polar surface area (TPSA) is 60.5 Å². The Hall–Kier alpha value is -2.76. The second-order valence-corrected chi connectivity index (χ2v) is 10.5. The third-order valence-electron chi connectivity index (χ3n) is 8.63. The standard InChI is InChI=1S/C29H32N2O3/c1-29-9-7-18-13-22-24(32)11-17(15-30-2)12-25(22)34-28(18)23(29)14-26(33-3)27(29)21-6-4-5-19-16-31-10-8-20(19)21/h4-10,13,16-17,23,26-28,30H,11-12,14-15H2,1-3H3/t17?,23-,26+,27-,28+,29-/m0/s1. The van der Waals surface area contributed by atoms with Crippen molar-refractivity contribution in [3.05, 3.63) is 77.4 Å². The highest BCUT2D eigenvalue weighted by Crippen LogP contribution is 2.61. The molecule has 3 aliphatic carbocycles. The van der Waals surface area contributed by atoms with Crippen molar-refractivity contribution in [2.75, 3.05) is 20.7 Å². The smallest absolute Gasteiger partial charge is 0.166 e. The molecule has 4 aliphatic rings. The molecular weight excluding hydrogens is 424 g/mol. The number of fused-ring (bicyclic) bond motifs is 4. The fourth-order valence-corrected chi connectivity index (χ4v) is 7.02. The Morgan fingerprint density at radius 2 is 2.15 bits per heavy atom. The first-order valence-electron chi connectivity index (χ1n) is 12.4. The quantitative estimate of drug-likeness (QED) is 0.722. The summed E-state index contributed by atoms with van der Waals surface area (Å²) in [5, 5.41) is 5.62. The molecule has 1 aromatic heterocycles. The number of ketones is 1. The third-order valence-corrected chi connectivity index (χ3v) is 8.63. The number of rotatable bonds is 4. The van der Waals surface area contributed by atoms with Crippen LogP contribution in [0.1, 0.15) is 37.7 Å². The van der Waals surface area contributed by atoms with Crippen molar-refractivity contribution in [2.24, 2.45) is 17.3 Å². The van der Waals surface area contributed by atoms with Gasteiger partial charge >= 0.3 is 0 Å². The van der Waals surface area contributed by atoms with E-state index in [9.17, 15) is 4.79 Å². The van der Waals surface area contributed by atoms with E-state index < -0.39 is 0 Å². The number of hydrogen-bond acceptors (Lipinski definition) is 5.